The van der Waals surface area contributed by atoms with Crippen LogP contribution in [0.4, 0.5) is 0 Å². The molecule has 1 amide bonds. The summed E-state index contributed by atoms with van der Waals surface area (Å²) in [6, 6.07) is 8.34. The van der Waals surface area contributed by atoms with Crippen LogP contribution in [0.1, 0.15) is 10.4 Å². The van der Waals surface area contributed by atoms with Gasteiger partial charge in [-0.3, -0.25) is 20.2 Å². The lowest BCUT2D eigenvalue weighted by Gasteiger charge is -2.06. The molecule has 2 rings (SSSR count). The van der Waals surface area contributed by atoms with Crippen LogP contribution in [0, 0.1) is 0 Å². The first kappa shape index (κ1) is 9.57. The topological polar surface area (TPSA) is 73.7 Å². The van der Waals surface area contributed by atoms with Crippen LogP contribution in [0.2, 0.25) is 0 Å². The van der Waals surface area contributed by atoms with E-state index in [4.69, 9.17) is 10.4 Å². The Kier molecular flexibility index (Phi) is 2.32. The second kappa shape index (κ2) is 3.64. The highest BCUT2D eigenvalue weighted by atomic mass is 16.8. The molecule has 0 bridgehead atoms. The molecule has 0 fully saturated rings. The molecule has 1 aromatic carbocycles. The summed E-state index contributed by atoms with van der Waals surface area (Å²) in [6.45, 7) is 0. The fraction of sp³-hybridized carbons (Fsp3) is 0. The standard InChI is InChI=1S/C10H8N2O3/c13-10(12(14)15)8-4-3-7-2-1-5-11-9(7)6-8/h1-6,14-15H. The van der Waals surface area contributed by atoms with Crippen molar-refractivity contribution < 1.29 is 15.2 Å². The summed E-state index contributed by atoms with van der Waals surface area (Å²) in [4.78, 5) is 15.2. The van der Waals surface area contributed by atoms with Gasteiger partial charge >= 0.3 is 5.91 Å². The second-order valence-corrected chi connectivity index (χ2v) is 3.01. The third kappa shape index (κ3) is 1.78. The van der Waals surface area contributed by atoms with E-state index in [0.717, 1.165) is 5.39 Å². The van der Waals surface area contributed by atoms with Crippen LogP contribution in [0.25, 0.3) is 10.9 Å². The molecule has 0 saturated heterocycles. The van der Waals surface area contributed by atoms with E-state index >= 15 is 0 Å². The minimum absolute atomic E-state index is 0.172. The number of nitrogens with zero attached hydrogens (tertiary/aromatic N) is 2. The van der Waals surface area contributed by atoms with Gasteiger partial charge in [-0.15, -0.1) is 0 Å². The Labute approximate surface area is 85.1 Å². The van der Waals surface area contributed by atoms with Crippen molar-refractivity contribution in [3.8, 4) is 0 Å². The van der Waals surface area contributed by atoms with Crippen LogP contribution < -0.4 is 0 Å². The zero-order chi connectivity index (χ0) is 10.8. The normalized spacial score (nSPS) is 10.3. The zero-order valence-corrected chi connectivity index (χ0v) is 7.66. The molecule has 0 atom stereocenters. The van der Waals surface area contributed by atoms with E-state index in [2.05, 4.69) is 4.98 Å². The highest BCUT2D eigenvalue weighted by Crippen LogP contribution is 2.13. The quantitative estimate of drug-likeness (QED) is 0.544. The smallest absolute Gasteiger partial charge is 0.264 e. The van der Waals surface area contributed by atoms with Crippen LogP contribution in [0.5, 0.6) is 0 Å². The highest BCUT2D eigenvalue weighted by molar-refractivity contribution is 5.96. The number of amides is 1. The molecule has 2 N–H and O–H groups in total. The van der Waals surface area contributed by atoms with Gasteiger partial charge in [0.1, 0.15) is 0 Å². The molecular weight excluding hydrogens is 196 g/mol. The van der Waals surface area contributed by atoms with Crippen LogP contribution in [-0.4, -0.2) is 26.5 Å². The maximum absolute atomic E-state index is 11.2. The van der Waals surface area contributed by atoms with Crippen LogP contribution in [-0.2, 0) is 0 Å². The number of aromatic nitrogens is 1. The lowest BCUT2D eigenvalue weighted by Crippen LogP contribution is -2.23. The summed E-state index contributed by atoms with van der Waals surface area (Å²) >= 11 is 0. The highest BCUT2D eigenvalue weighted by Gasteiger charge is 2.11. The van der Waals surface area contributed by atoms with Crippen molar-refractivity contribution in [1.29, 1.82) is 0 Å². The predicted octanol–water partition coefficient (Wildman–Crippen LogP) is 1.46. The van der Waals surface area contributed by atoms with Gasteiger partial charge in [-0.1, -0.05) is 17.4 Å². The SMILES string of the molecule is O=C(c1ccc2cccnc2c1)N(O)O. The first-order chi connectivity index (χ1) is 7.18. The molecule has 0 spiro atoms. The summed E-state index contributed by atoms with van der Waals surface area (Å²) < 4.78 is 0. The summed E-state index contributed by atoms with van der Waals surface area (Å²) in [7, 11) is 0. The molecule has 2 aromatic rings. The molecule has 76 valence electrons. The molecule has 0 saturated carbocycles. The van der Waals surface area contributed by atoms with Gasteiger partial charge < -0.3 is 0 Å². The van der Waals surface area contributed by atoms with E-state index in [1.54, 1.807) is 18.3 Å². The van der Waals surface area contributed by atoms with E-state index in [-0.39, 0.29) is 5.56 Å². The number of fused-ring (bicyclic) bond motifs is 1. The van der Waals surface area contributed by atoms with E-state index in [9.17, 15) is 4.79 Å². The summed E-state index contributed by atoms with van der Waals surface area (Å²) in [6.07, 6.45) is 1.60. The number of carbonyl (C=O) groups excluding carboxylic acids is 1. The Morgan fingerprint density at radius 1 is 1.27 bits per heavy atom. The maximum atomic E-state index is 11.2. The van der Waals surface area contributed by atoms with Crippen molar-refractivity contribution in [2.45, 2.75) is 0 Å². The molecule has 0 radical (unpaired) electrons. The predicted molar refractivity (Wildman–Crippen MR) is 51.5 cm³/mol. The first-order valence-corrected chi connectivity index (χ1v) is 4.25. The van der Waals surface area contributed by atoms with Crippen molar-refractivity contribution in [3.63, 3.8) is 0 Å². The van der Waals surface area contributed by atoms with Gasteiger partial charge in [0, 0.05) is 17.1 Å². The molecule has 5 heteroatoms. The Balaban J connectivity index is 2.52. The van der Waals surface area contributed by atoms with Gasteiger partial charge in [-0.2, -0.15) is 0 Å². The van der Waals surface area contributed by atoms with Gasteiger partial charge in [0.15, 0.2) is 0 Å². The number of pyridine rings is 1. The van der Waals surface area contributed by atoms with Crippen LogP contribution >= 0.6 is 0 Å². The van der Waals surface area contributed by atoms with Gasteiger partial charge in [0.05, 0.1) is 5.52 Å². The van der Waals surface area contributed by atoms with Crippen molar-refractivity contribution in [3.05, 3.63) is 42.1 Å². The average Bonchev–Trinajstić information content (AvgIpc) is 2.27. The van der Waals surface area contributed by atoms with Gasteiger partial charge in [0.2, 0.25) is 0 Å². The lowest BCUT2D eigenvalue weighted by atomic mass is 10.1. The monoisotopic (exact) mass is 204 g/mol. The largest absolute Gasteiger partial charge is 0.303 e. The second-order valence-electron chi connectivity index (χ2n) is 3.01. The van der Waals surface area contributed by atoms with E-state index < -0.39 is 11.1 Å². The molecule has 0 aliphatic rings. The minimum atomic E-state index is -0.887. The number of benzene rings is 1. The zero-order valence-electron chi connectivity index (χ0n) is 7.66. The Morgan fingerprint density at radius 2 is 2.07 bits per heavy atom. The lowest BCUT2D eigenvalue weighted by molar-refractivity contribution is -0.260. The van der Waals surface area contributed by atoms with E-state index in [1.165, 1.54) is 12.1 Å². The molecule has 0 aliphatic heterocycles. The van der Waals surface area contributed by atoms with Gasteiger partial charge in [-0.25, -0.2) is 0 Å². The molecule has 0 aliphatic carbocycles. The Bertz CT molecular complexity index is 511. The average molecular weight is 204 g/mol. The van der Waals surface area contributed by atoms with Crippen molar-refractivity contribution in [1.82, 2.24) is 10.2 Å². The molecule has 5 nitrogen and oxygen atoms in total. The third-order valence-corrected chi connectivity index (χ3v) is 2.03. The third-order valence-electron chi connectivity index (χ3n) is 2.03. The molecule has 15 heavy (non-hydrogen) atoms. The molecule has 1 aromatic heterocycles. The first-order valence-electron chi connectivity index (χ1n) is 4.25. The van der Waals surface area contributed by atoms with E-state index in [0.29, 0.717) is 5.52 Å². The Morgan fingerprint density at radius 3 is 2.80 bits per heavy atom. The van der Waals surface area contributed by atoms with Crippen molar-refractivity contribution in [2.75, 3.05) is 0 Å². The minimum Gasteiger partial charge on any atom is -0.264 e. The van der Waals surface area contributed by atoms with Crippen LogP contribution in [0.3, 0.4) is 0 Å². The van der Waals surface area contributed by atoms with Gasteiger partial charge in [-0.05, 0) is 18.2 Å². The van der Waals surface area contributed by atoms with Crippen LogP contribution in [0.15, 0.2) is 36.5 Å². The summed E-state index contributed by atoms with van der Waals surface area (Å²) in [5.41, 5.74) is 0.802. The maximum Gasteiger partial charge on any atom is 0.303 e. The Hall–Kier alpha value is -1.98. The summed E-state index contributed by atoms with van der Waals surface area (Å²) in [5, 5.41) is 17.6. The number of hydroxylamine groups is 2. The van der Waals surface area contributed by atoms with Gasteiger partial charge in [0.25, 0.3) is 0 Å². The van der Waals surface area contributed by atoms with Crippen molar-refractivity contribution >= 4 is 16.8 Å². The molecular formula is C10H8N2O3. The molecule has 0 unspecified atom stereocenters. The number of carbonyl (C=O) groups is 1. The van der Waals surface area contributed by atoms with Crippen molar-refractivity contribution in [2.24, 2.45) is 0 Å². The number of rotatable bonds is 1. The van der Waals surface area contributed by atoms with E-state index in [1.807, 2.05) is 6.07 Å². The fourth-order valence-corrected chi connectivity index (χ4v) is 1.31. The fourth-order valence-electron chi connectivity index (χ4n) is 1.31. The number of hydrogen-bond donors (Lipinski definition) is 2. The number of hydrogen-bond acceptors (Lipinski definition) is 4. The molecule has 1 heterocycles. The summed E-state index contributed by atoms with van der Waals surface area (Å²) in [5.74, 6) is -0.887.